The number of hydrogen-bond acceptors (Lipinski definition) is 5. The molecule has 3 aromatic carbocycles. The highest BCUT2D eigenvalue weighted by molar-refractivity contribution is 7.91. The number of para-hydroxylation sites is 1. The fourth-order valence-electron chi connectivity index (χ4n) is 3.26. The molecular formula is C21H14N2O3S2. The van der Waals surface area contributed by atoms with Crippen LogP contribution >= 0.6 is 11.3 Å². The molecule has 0 radical (unpaired) electrons. The summed E-state index contributed by atoms with van der Waals surface area (Å²) in [6.07, 6.45) is 0. The molecule has 0 saturated heterocycles. The quantitative estimate of drug-likeness (QED) is 0.442. The minimum absolute atomic E-state index is 0.0247. The van der Waals surface area contributed by atoms with Gasteiger partial charge in [-0.05, 0) is 42.5 Å². The summed E-state index contributed by atoms with van der Waals surface area (Å²) < 4.78 is 27.0. The fourth-order valence-corrected chi connectivity index (χ4v) is 5.59. The van der Waals surface area contributed by atoms with E-state index < -0.39 is 9.84 Å². The van der Waals surface area contributed by atoms with E-state index in [9.17, 15) is 13.5 Å². The number of thiazole rings is 1. The topological polar surface area (TPSA) is 83.0 Å². The van der Waals surface area contributed by atoms with Gasteiger partial charge in [-0.15, -0.1) is 11.3 Å². The van der Waals surface area contributed by atoms with Crippen molar-refractivity contribution in [1.29, 1.82) is 0 Å². The van der Waals surface area contributed by atoms with E-state index in [0.717, 1.165) is 10.2 Å². The van der Waals surface area contributed by atoms with Gasteiger partial charge in [-0.2, -0.15) is 0 Å². The molecule has 5 aromatic rings. The van der Waals surface area contributed by atoms with E-state index >= 15 is 0 Å². The molecule has 7 heteroatoms. The van der Waals surface area contributed by atoms with Gasteiger partial charge in [0.1, 0.15) is 5.01 Å². The van der Waals surface area contributed by atoms with Gasteiger partial charge in [-0.1, -0.05) is 30.3 Å². The Morgan fingerprint density at radius 1 is 0.893 bits per heavy atom. The van der Waals surface area contributed by atoms with Gasteiger partial charge in [0, 0.05) is 10.9 Å². The summed E-state index contributed by atoms with van der Waals surface area (Å²) in [5.74, 6) is -0.0247. The normalized spacial score (nSPS) is 12.0. The maximum atomic E-state index is 13.0. The SMILES string of the molecule is O=S(=O)(c1ccccc1)c1ccc2[nH]c(O)c(-c3nc4ccccc4s3)c2c1. The molecule has 0 saturated carbocycles. The van der Waals surface area contributed by atoms with Crippen LogP contribution in [-0.2, 0) is 9.84 Å². The number of H-pyrrole nitrogens is 1. The fraction of sp³-hybridized carbons (Fsp3) is 0. The number of rotatable bonds is 3. The summed E-state index contributed by atoms with van der Waals surface area (Å²) in [6.45, 7) is 0. The molecule has 0 bridgehead atoms. The third-order valence-electron chi connectivity index (χ3n) is 4.62. The molecule has 0 amide bonds. The van der Waals surface area contributed by atoms with Gasteiger partial charge in [0.15, 0.2) is 5.88 Å². The Balaban J connectivity index is 1.73. The zero-order chi connectivity index (χ0) is 19.3. The molecule has 0 unspecified atom stereocenters. The molecule has 0 aliphatic heterocycles. The van der Waals surface area contributed by atoms with Gasteiger partial charge in [-0.3, -0.25) is 0 Å². The van der Waals surface area contributed by atoms with E-state index in [1.165, 1.54) is 11.3 Å². The third kappa shape index (κ3) is 2.59. The largest absolute Gasteiger partial charge is 0.494 e. The molecular weight excluding hydrogens is 392 g/mol. The molecule has 2 aromatic heterocycles. The number of nitrogens with one attached hydrogen (secondary N) is 1. The van der Waals surface area contributed by atoms with Crippen LogP contribution in [0.5, 0.6) is 5.88 Å². The summed E-state index contributed by atoms with van der Waals surface area (Å²) in [4.78, 5) is 7.93. The van der Waals surface area contributed by atoms with Crippen LogP contribution in [0.1, 0.15) is 0 Å². The van der Waals surface area contributed by atoms with E-state index in [1.54, 1.807) is 48.5 Å². The second kappa shape index (κ2) is 6.19. The third-order valence-corrected chi connectivity index (χ3v) is 7.44. The summed E-state index contributed by atoms with van der Waals surface area (Å²) in [7, 11) is -3.66. The van der Waals surface area contributed by atoms with Crippen molar-refractivity contribution in [1.82, 2.24) is 9.97 Å². The second-order valence-corrected chi connectivity index (χ2v) is 9.34. The Morgan fingerprint density at radius 2 is 1.64 bits per heavy atom. The van der Waals surface area contributed by atoms with E-state index in [-0.39, 0.29) is 15.7 Å². The number of benzene rings is 3. The monoisotopic (exact) mass is 406 g/mol. The number of aromatic amines is 1. The van der Waals surface area contributed by atoms with Crippen LogP contribution in [0.15, 0.2) is 82.6 Å². The van der Waals surface area contributed by atoms with Gasteiger partial charge in [0.2, 0.25) is 9.84 Å². The maximum Gasteiger partial charge on any atom is 0.206 e. The van der Waals surface area contributed by atoms with Crippen LogP contribution < -0.4 is 0 Å². The molecule has 138 valence electrons. The lowest BCUT2D eigenvalue weighted by Gasteiger charge is -2.05. The molecule has 0 fully saturated rings. The second-order valence-electron chi connectivity index (χ2n) is 6.36. The smallest absolute Gasteiger partial charge is 0.206 e. The Hall–Kier alpha value is -3.16. The molecule has 0 spiro atoms. The highest BCUT2D eigenvalue weighted by atomic mass is 32.2. The minimum Gasteiger partial charge on any atom is -0.494 e. The lowest BCUT2D eigenvalue weighted by molar-refractivity contribution is 0.460. The first-order valence-corrected chi connectivity index (χ1v) is 10.8. The average Bonchev–Trinajstić information content (AvgIpc) is 3.27. The maximum absolute atomic E-state index is 13.0. The van der Waals surface area contributed by atoms with Crippen molar-refractivity contribution in [2.45, 2.75) is 9.79 Å². The molecule has 0 atom stereocenters. The molecule has 0 aliphatic rings. The van der Waals surface area contributed by atoms with Crippen LogP contribution in [0.4, 0.5) is 0 Å². The first-order chi connectivity index (χ1) is 13.5. The Kier molecular flexibility index (Phi) is 3.75. The van der Waals surface area contributed by atoms with Gasteiger partial charge in [-0.25, -0.2) is 13.4 Å². The van der Waals surface area contributed by atoms with E-state index in [2.05, 4.69) is 9.97 Å². The van der Waals surface area contributed by atoms with Gasteiger partial charge >= 0.3 is 0 Å². The summed E-state index contributed by atoms with van der Waals surface area (Å²) in [6, 6.07) is 20.8. The van der Waals surface area contributed by atoms with Crippen LogP contribution in [0.3, 0.4) is 0 Å². The van der Waals surface area contributed by atoms with Crippen molar-refractivity contribution in [3.8, 4) is 16.5 Å². The number of aromatic nitrogens is 2. The Bertz CT molecular complexity index is 1400. The zero-order valence-corrected chi connectivity index (χ0v) is 16.1. The van der Waals surface area contributed by atoms with Gasteiger partial charge < -0.3 is 10.1 Å². The predicted molar refractivity (Wildman–Crippen MR) is 110 cm³/mol. The predicted octanol–water partition coefficient (Wildman–Crippen LogP) is 4.98. The van der Waals surface area contributed by atoms with Crippen LogP contribution in [0, 0.1) is 0 Å². The van der Waals surface area contributed by atoms with E-state index in [1.807, 2.05) is 24.3 Å². The molecule has 0 aliphatic carbocycles. The first kappa shape index (κ1) is 17.0. The Labute approximate surface area is 164 Å². The average molecular weight is 406 g/mol. The number of aromatic hydroxyl groups is 1. The van der Waals surface area contributed by atoms with Crippen molar-refractivity contribution < 1.29 is 13.5 Å². The van der Waals surface area contributed by atoms with Gasteiger partial charge in [0.05, 0.1) is 25.6 Å². The van der Waals surface area contributed by atoms with E-state index in [4.69, 9.17) is 0 Å². The number of nitrogens with zero attached hydrogens (tertiary/aromatic N) is 1. The van der Waals surface area contributed by atoms with Crippen molar-refractivity contribution in [2.75, 3.05) is 0 Å². The lowest BCUT2D eigenvalue weighted by Crippen LogP contribution is -2.01. The zero-order valence-electron chi connectivity index (χ0n) is 14.5. The summed E-state index contributed by atoms with van der Waals surface area (Å²) in [5.41, 5.74) is 2.00. The van der Waals surface area contributed by atoms with Crippen LogP contribution in [0.2, 0.25) is 0 Å². The molecule has 28 heavy (non-hydrogen) atoms. The highest BCUT2D eigenvalue weighted by Crippen LogP contribution is 2.41. The standard InChI is InChI=1S/C21H14N2O3S2/c24-20-19(21-23-17-8-4-5-9-18(17)27-21)15-12-14(10-11-16(15)22-20)28(25,26)13-6-2-1-3-7-13/h1-12,22,24H. The highest BCUT2D eigenvalue weighted by Gasteiger charge is 2.22. The van der Waals surface area contributed by atoms with Crippen molar-refractivity contribution in [3.63, 3.8) is 0 Å². The lowest BCUT2D eigenvalue weighted by atomic mass is 10.2. The van der Waals surface area contributed by atoms with Crippen LogP contribution in [-0.4, -0.2) is 23.5 Å². The summed E-state index contributed by atoms with van der Waals surface area (Å²) >= 11 is 1.45. The van der Waals surface area contributed by atoms with Crippen molar-refractivity contribution in [2.24, 2.45) is 0 Å². The molecule has 5 rings (SSSR count). The van der Waals surface area contributed by atoms with E-state index in [0.29, 0.717) is 21.5 Å². The molecule has 2 heterocycles. The van der Waals surface area contributed by atoms with Gasteiger partial charge in [0.25, 0.3) is 0 Å². The molecule has 2 N–H and O–H groups in total. The van der Waals surface area contributed by atoms with Crippen molar-refractivity contribution >= 4 is 42.3 Å². The van der Waals surface area contributed by atoms with Crippen LogP contribution in [0.25, 0.3) is 31.7 Å². The minimum atomic E-state index is -3.66. The first-order valence-electron chi connectivity index (χ1n) is 8.55. The molecule has 5 nitrogen and oxygen atoms in total. The number of fused-ring (bicyclic) bond motifs is 2. The van der Waals surface area contributed by atoms with Crippen molar-refractivity contribution in [3.05, 3.63) is 72.8 Å². The number of hydrogen-bond donors (Lipinski definition) is 2. The Morgan fingerprint density at radius 3 is 2.43 bits per heavy atom. The number of sulfone groups is 1. The summed E-state index contributed by atoms with van der Waals surface area (Å²) in [5, 5.41) is 11.7.